The summed E-state index contributed by atoms with van der Waals surface area (Å²) < 4.78 is 13.9. The minimum atomic E-state index is -0.381. The Kier molecular flexibility index (Phi) is 4.55. The molecule has 3 atom stereocenters. The van der Waals surface area contributed by atoms with Gasteiger partial charge in [0, 0.05) is 18.2 Å². The van der Waals surface area contributed by atoms with Gasteiger partial charge in [-0.3, -0.25) is 0 Å². The molecule has 2 nitrogen and oxygen atoms in total. The van der Waals surface area contributed by atoms with Crippen LogP contribution in [0.1, 0.15) is 44.2 Å². The van der Waals surface area contributed by atoms with E-state index in [2.05, 4.69) is 19.2 Å². The Balaban J connectivity index is 2.01. The third-order valence-corrected chi connectivity index (χ3v) is 4.46. The Morgan fingerprint density at radius 2 is 2.16 bits per heavy atom. The lowest BCUT2D eigenvalue weighted by molar-refractivity contribution is 0.205. The van der Waals surface area contributed by atoms with Crippen molar-refractivity contribution >= 4 is 0 Å². The monoisotopic (exact) mass is 260 g/mol. The standard InChI is InChI=1S/C16H21FN2/c1-11-5-3-8-15(12(11)2)19-10-14-7-4-6-13(9-18)16(14)17/h4,6-7,11-12,15,19H,3,5,8,10H2,1-2H3. The van der Waals surface area contributed by atoms with E-state index in [1.165, 1.54) is 18.9 Å². The van der Waals surface area contributed by atoms with Crippen molar-refractivity contribution in [2.45, 2.75) is 45.7 Å². The van der Waals surface area contributed by atoms with Crippen molar-refractivity contribution in [1.29, 1.82) is 5.26 Å². The van der Waals surface area contributed by atoms with Crippen LogP contribution in [0, 0.1) is 29.0 Å². The maximum atomic E-state index is 13.9. The summed E-state index contributed by atoms with van der Waals surface area (Å²) in [6.07, 6.45) is 3.69. The zero-order valence-corrected chi connectivity index (χ0v) is 11.6. The van der Waals surface area contributed by atoms with Crippen molar-refractivity contribution in [3.8, 4) is 6.07 Å². The quantitative estimate of drug-likeness (QED) is 0.901. The van der Waals surface area contributed by atoms with Gasteiger partial charge in [-0.05, 0) is 24.3 Å². The van der Waals surface area contributed by atoms with E-state index in [-0.39, 0.29) is 11.4 Å². The van der Waals surface area contributed by atoms with E-state index in [1.54, 1.807) is 12.1 Å². The first kappa shape index (κ1) is 14.0. The van der Waals surface area contributed by atoms with Crippen LogP contribution >= 0.6 is 0 Å². The van der Waals surface area contributed by atoms with Crippen molar-refractivity contribution in [2.75, 3.05) is 0 Å². The molecule has 0 aromatic heterocycles. The molecule has 0 saturated heterocycles. The Morgan fingerprint density at radius 3 is 2.89 bits per heavy atom. The Morgan fingerprint density at radius 1 is 1.37 bits per heavy atom. The molecular formula is C16H21FN2. The van der Waals surface area contributed by atoms with E-state index in [4.69, 9.17) is 5.26 Å². The fraction of sp³-hybridized carbons (Fsp3) is 0.562. The van der Waals surface area contributed by atoms with Gasteiger partial charge < -0.3 is 5.32 Å². The molecule has 0 radical (unpaired) electrons. The second-order valence-corrected chi connectivity index (χ2v) is 5.65. The minimum Gasteiger partial charge on any atom is -0.310 e. The molecule has 2 rings (SSSR count). The molecule has 0 heterocycles. The molecule has 0 aliphatic heterocycles. The number of nitrogens with zero attached hydrogens (tertiary/aromatic N) is 1. The molecule has 3 unspecified atom stereocenters. The number of hydrogen-bond acceptors (Lipinski definition) is 2. The highest BCUT2D eigenvalue weighted by atomic mass is 19.1. The molecule has 1 fully saturated rings. The molecule has 1 N–H and O–H groups in total. The smallest absolute Gasteiger partial charge is 0.145 e. The summed E-state index contributed by atoms with van der Waals surface area (Å²) in [5.41, 5.74) is 0.717. The second-order valence-electron chi connectivity index (χ2n) is 5.65. The van der Waals surface area contributed by atoms with Gasteiger partial charge in [-0.1, -0.05) is 38.8 Å². The topological polar surface area (TPSA) is 35.8 Å². The maximum absolute atomic E-state index is 13.9. The van der Waals surface area contributed by atoms with Crippen molar-refractivity contribution in [3.63, 3.8) is 0 Å². The molecule has 1 aromatic carbocycles. The fourth-order valence-electron chi connectivity index (χ4n) is 2.91. The van der Waals surface area contributed by atoms with Crippen LogP contribution in [0.25, 0.3) is 0 Å². The summed E-state index contributed by atoms with van der Waals surface area (Å²) >= 11 is 0. The van der Waals surface area contributed by atoms with E-state index >= 15 is 0 Å². The third-order valence-electron chi connectivity index (χ3n) is 4.46. The highest BCUT2D eigenvalue weighted by Gasteiger charge is 2.26. The Labute approximate surface area is 114 Å². The van der Waals surface area contributed by atoms with E-state index in [0.717, 1.165) is 12.3 Å². The SMILES string of the molecule is CC1CCCC(NCc2cccc(C#N)c2F)C1C. The summed E-state index contributed by atoms with van der Waals surface area (Å²) in [5.74, 6) is 0.964. The average molecular weight is 260 g/mol. The zero-order valence-electron chi connectivity index (χ0n) is 11.6. The number of halogens is 1. The van der Waals surface area contributed by atoms with Crippen LogP contribution in [0.5, 0.6) is 0 Å². The van der Waals surface area contributed by atoms with Crippen LogP contribution < -0.4 is 5.32 Å². The summed E-state index contributed by atoms with van der Waals surface area (Å²) in [5, 5.41) is 12.3. The van der Waals surface area contributed by atoms with Crippen LogP contribution in [0.3, 0.4) is 0 Å². The predicted molar refractivity (Wildman–Crippen MR) is 73.9 cm³/mol. The fourth-order valence-corrected chi connectivity index (χ4v) is 2.91. The Bertz CT molecular complexity index is 478. The number of nitriles is 1. The largest absolute Gasteiger partial charge is 0.310 e. The first-order chi connectivity index (χ1) is 9.13. The Hall–Kier alpha value is -1.40. The zero-order chi connectivity index (χ0) is 13.8. The molecule has 1 aliphatic rings. The third kappa shape index (κ3) is 3.13. The number of nitrogens with one attached hydrogen (secondary N) is 1. The van der Waals surface area contributed by atoms with Crippen LogP contribution in [-0.4, -0.2) is 6.04 Å². The lowest BCUT2D eigenvalue weighted by Crippen LogP contribution is -2.40. The lowest BCUT2D eigenvalue weighted by Gasteiger charge is -2.34. The lowest BCUT2D eigenvalue weighted by atomic mass is 9.78. The van der Waals surface area contributed by atoms with E-state index < -0.39 is 0 Å². The highest BCUT2D eigenvalue weighted by molar-refractivity contribution is 5.34. The van der Waals surface area contributed by atoms with Crippen LogP contribution in [0.15, 0.2) is 18.2 Å². The number of rotatable bonds is 3. The summed E-state index contributed by atoms with van der Waals surface area (Å²) in [6.45, 7) is 5.06. The molecule has 0 bridgehead atoms. The second kappa shape index (κ2) is 6.16. The van der Waals surface area contributed by atoms with Crippen molar-refractivity contribution in [3.05, 3.63) is 35.1 Å². The van der Waals surface area contributed by atoms with Crippen LogP contribution in [0.2, 0.25) is 0 Å². The van der Waals surface area contributed by atoms with E-state index in [0.29, 0.717) is 24.1 Å². The van der Waals surface area contributed by atoms with Gasteiger partial charge >= 0.3 is 0 Å². The molecular weight excluding hydrogens is 239 g/mol. The number of benzene rings is 1. The molecule has 3 heteroatoms. The molecule has 0 amide bonds. The molecule has 19 heavy (non-hydrogen) atoms. The van der Waals surface area contributed by atoms with Gasteiger partial charge in [0.05, 0.1) is 5.56 Å². The highest BCUT2D eigenvalue weighted by Crippen LogP contribution is 2.29. The maximum Gasteiger partial charge on any atom is 0.145 e. The molecule has 1 saturated carbocycles. The van der Waals surface area contributed by atoms with Gasteiger partial charge in [-0.2, -0.15) is 5.26 Å². The van der Waals surface area contributed by atoms with Gasteiger partial charge in [0.25, 0.3) is 0 Å². The van der Waals surface area contributed by atoms with Crippen molar-refractivity contribution < 1.29 is 4.39 Å². The first-order valence-electron chi connectivity index (χ1n) is 7.04. The van der Waals surface area contributed by atoms with Crippen LogP contribution in [0.4, 0.5) is 4.39 Å². The van der Waals surface area contributed by atoms with Crippen molar-refractivity contribution in [2.24, 2.45) is 11.8 Å². The predicted octanol–water partition coefficient (Wildman–Crippen LogP) is 3.61. The molecule has 1 aliphatic carbocycles. The number of hydrogen-bond donors (Lipinski definition) is 1. The van der Waals surface area contributed by atoms with E-state index in [1.807, 2.05) is 6.07 Å². The molecule has 102 valence electrons. The van der Waals surface area contributed by atoms with Gasteiger partial charge in [-0.25, -0.2) is 4.39 Å². The van der Waals surface area contributed by atoms with Gasteiger partial charge in [0.2, 0.25) is 0 Å². The van der Waals surface area contributed by atoms with Gasteiger partial charge in [0.15, 0.2) is 0 Å². The van der Waals surface area contributed by atoms with E-state index in [9.17, 15) is 4.39 Å². The first-order valence-corrected chi connectivity index (χ1v) is 7.04. The summed E-state index contributed by atoms with van der Waals surface area (Å²) in [4.78, 5) is 0. The summed E-state index contributed by atoms with van der Waals surface area (Å²) in [6, 6.07) is 7.35. The molecule has 1 aromatic rings. The minimum absolute atomic E-state index is 0.129. The van der Waals surface area contributed by atoms with Gasteiger partial charge in [0.1, 0.15) is 11.9 Å². The molecule has 0 spiro atoms. The summed E-state index contributed by atoms with van der Waals surface area (Å²) in [7, 11) is 0. The normalized spacial score (nSPS) is 26.9. The van der Waals surface area contributed by atoms with Crippen LogP contribution in [-0.2, 0) is 6.54 Å². The van der Waals surface area contributed by atoms with Crippen molar-refractivity contribution in [1.82, 2.24) is 5.32 Å². The van der Waals surface area contributed by atoms with Gasteiger partial charge in [-0.15, -0.1) is 0 Å². The average Bonchev–Trinajstić information content (AvgIpc) is 2.42.